The number of hydrogen-bond donors (Lipinski definition) is 1. The van der Waals surface area contributed by atoms with E-state index in [1.807, 2.05) is 0 Å². The summed E-state index contributed by atoms with van der Waals surface area (Å²) in [6, 6.07) is 6.53. The van der Waals surface area contributed by atoms with Gasteiger partial charge in [0.2, 0.25) is 0 Å². The van der Waals surface area contributed by atoms with Crippen molar-refractivity contribution in [3.8, 4) is 0 Å². The lowest BCUT2D eigenvalue weighted by molar-refractivity contribution is 0.638. The molecule has 1 aliphatic rings. The summed E-state index contributed by atoms with van der Waals surface area (Å²) < 4.78 is 0. The maximum atomic E-state index is 5.71. The SMILES string of the molecule is CC=C1N(C)c2ccc(CN)cc2C1(C)C. The zero-order valence-electron chi connectivity index (χ0n) is 10.5. The van der Waals surface area contributed by atoms with Gasteiger partial charge in [0, 0.05) is 30.4 Å². The van der Waals surface area contributed by atoms with E-state index in [0.717, 1.165) is 0 Å². The molecule has 0 saturated carbocycles. The van der Waals surface area contributed by atoms with Crippen molar-refractivity contribution in [2.24, 2.45) is 5.73 Å². The Hall–Kier alpha value is -1.28. The first-order valence-electron chi connectivity index (χ1n) is 5.76. The van der Waals surface area contributed by atoms with Gasteiger partial charge in [-0.15, -0.1) is 0 Å². The van der Waals surface area contributed by atoms with Crippen LogP contribution in [0.15, 0.2) is 30.0 Å². The van der Waals surface area contributed by atoms with Gasteiger partial charge in [0.25, 0.3) is 0 Å². The maximum Gasteiger partial charge on any atom is 0.0448 e. The average molecular weight is 216 g/mol. The van der Waals surface area contributed by atoms with Gasteiger partial charge in [-0.1, -0.05) is 32.1 Å². The number of hydrogen-bond acceptors (Lipinski definition) is 2. The molecule has 0 saturated heterocycles. The summed E-state index contributed by atoms with van der Waals surface area (Å²) in [5, 5.41) is 0. The topological polar surface area (TPSA) is 29.3 Å². The fourth-order valence-electron chi connectivity index (χ4n) is 2.74. The molecular weight excluding hydrogens is 196 g/mol. The minimum atomic E-state index is 0.0873. The van der Waals surface area contributed by atoms with Crippen LogP contribution in [0.25, 0.3) is 0 Å². The molecule has 0 fully saturated rings. The van der Waals surface area contributed by atoms with Crippen LogP contribution in [-0.4, -0.2) is 7.05 Å². The van der Waals surface area contributed by atoms with Gasteiger partial charge in [-0.25, -0.2) is 0 Å². The summed E-state index contributed by atoms with van der Waals surface area (Å²) in [6.45, 7) is 7.25. The van der Waals surface area contributed by atoms with Crippen molar-refractivity contribution in [3.05, 3.63) is 41.1 Å². The standard InChI is InChI=1S/C14H20N2/c1-5-13-14(2,3)11-8-10(9-15)6-7-12(11)16(13)4/h5-8H,9,15H2,1-4H3. The molecule has 2 heteroatoms. The van der Waals surface area contributed by atoms with Gasteiger partial charge in [0.05, 0.1) is 0 Å². The van der Waals surface area contributed by atoms with Crippen LogP contribution in [0, 0.1) is 0 Å². The predicted octanol–water partition coefficient (Wildman–Crippen LogP) is 2.78. The smallest absolute Gasteiger partial charge is 0.0448 e. The third-order valence-electron chi connectivity index (χ3n) is 3.61. The lowest BCUT2D eigenvalue weighted by atomic mass is 9.83. The van der Waals surface area contributed by atoms with Crippen LogP contribution < -0.4 is 10.6 Å². The van der Waals surface area contributed by atoms with Gasteiger partial charge in [0.1, 0.15) is 0 Å². The molecule has 0 radical (unpaired) electrons. The van der Waals surface area contributed by atoms with E-state index in [4.69, 9.17) is 5.73 Å². The Labute approximate surface area is 97.8 Å². The number of benzene rings is 1. The van der Waals surface area contributed by atoms with Crippen molar-refractivity contribution in [2.75, 3.05) is 11.9 Å². The van der Waals surface area contributed by atoms with E-state index in [0.29, 0.717) is 6.54 Å². The normalized spacial score (nSPS) is 20.3. The second kappa shape index (κ2) is 3.63. The highest BCUT2D eigenvalue weighted by Gasteiger charge is 2.37. The predicted molar refractivity (Wildman–Crippen MR) is 69.5 cm³/mol. The zero-order chi connectivity index (χ0) is 11.9. The van der Waals surface area contributed by atoms with Crippen molar-refractivity contribution >= 4 is 5.69 Å². The molecule has 2 N–H and O–H groups in total. The van der Waals surface area contributed by atoms with Crippen LogP contribution >= 0.6 is 0 Å². The number of likely N-dealkylation sites (N-methyl/N-ethyl adjacent to an activating group) is 1. The first-order chi connectivity index (χ1) is 7.52. The van der Waals surface area contributed by atoms with Gasteiger partial charge in [-0.05, 0) is 24.1 Å². The molecule has 0 spiro atoms. The Morgan fingerprint density at radius 3 is 2.62 bits per heavy atom. The first-order valence-corrected chi connectivity index (χ1v) is 5.76. The third kappa shape index (κ3) is 1.37. The quantitative estimate of drug-likeness (QED) is 0.782. The van der Waals surface area contributed by atoms with Gasteiger partial charge >= 0.3 is 0 Å². The van der Waals surface area contributed by atoms with Crippen LogP contribution in [0.4, 0.5) is 5.69 Å². The van der Waals surface area contributed by atoms with Crippen LogP contribution in [0.5, 0.6) is 0 Å². The lowest BCUT2D eigenvalue weighted by Crippen LogP contribution is -2.22. The van der Waals surface area contributed by atoms with Gasteiger partial charge in [-0.2, -0.15) is 0 Å². The van der Waals surface area contributed by atoms with Crippen LogP contribution in [0.2, 0.25) is 0 Å². The number of nitrogens with two attached hydrogens (primary N) is 1. The molecule has 1 aromatic rings. The molecule has 0 atom stereocenters. The highest BCUT2D eigenvalue weighted by molar-refractivity contribution is 5.70. The Bertz CT molecular complexity index is 444. The van der Waals surface area contributed by atoms with Crippen LogP contribution in [0.3, 0.4) is 0 Å². The van der Waals surface area contributed by atoms with E-state index in [2.05, 4.69) is 57.0 Å². The first kappa shape index (κ1) is 11.2. The van der Waals surface area contributed by atoms with E-state index < -0.39 is 0 Å². The molecule has 16 heavy (non-hydrogen) atoms. The molecule has 0 aliphatic carbocycles. The molecule has 2 nitrogen and oxygen atoms in total. The Balaban J connectivity index is 2.63. The van der Waals surface area contributed by atoms with Crippen LogP contribution in [0.1, 0.15) is 31.9 Å². The largest absolute Gasteiger partial charge is 0.347 e. The van der Waals surface area contributed by atoms with Crippen molar-refractivity contribution < 1.29 is 0 Å². The minimum Gasteiger partial charge on any atom is -0.347 e. The molecule has 86 valence electrons. The molecule has 0 unspecified atom stereocenters. The number of fused-ring (bicyclic) bond motifs is 1. The Kier molecular flexibility index (Phi) is 2.55. The molecule has 1 aliphatic heterocycles. The average Bonchev–Trinajstić information content (AvgIpc) is 2.46. The Morgan fingerprint density at radius 1 is 1.38 bits per heavy atom. The highest BCUT2D eigenvalue weighted by atomic mass is 15.2. The van der Waals surface area contributed by atoms with Crippen molar-refractivity contribution in [2.45, 2.75) is 32.7 Å². The molecule has 0 amide bonds. The van der Waals surface area contributed by atoms with E-state index in [-0.39, 0.29) is 5.41 Å². The number of rotatable bonds is 1. The zero-order valence-corrected chi connectivity index (χ0v) is 10.5. The summed E-state index contributed by atoms with van der Waals surface area (Å²) >= 11 is 0. The number of nitrogens with zero attached hydrogens (tertiary/aromatic N) is 1. The van der Waals surface area contributed by atoms with Gasteiger partial charge in [0.15, 0.2) is 0 Å². The van der Waals surface area contributed by atoms with E-state index in [1.54, 1.807) is 0 Å². The summed E-state index contributed by atoms with van der Waals surface area (Å²) in [5.41, 5.74) is 11.0. The fraction of sp³-hybridized carbons (Fsp3) is 0.429. The second-order valence-electron chi connectivity index (χ2n) is 4.91. The minimum absolute atomic E-state index is 0.0873. The van der Waals surface area contributed by atoms with Gasteiger partial charge < -0.3 is 10.6 Å². The van der Waals surface area contributed by atoms with E-state index in [1.165, 1.54) is 22.5 Å². The van der Waals surface area contributed by atoms with Crippen molar-refractivity contribution in [1.29, 1.82) is 0 Å². The van der Waals surface area contributed by atoms with E-state index >= 15 is 0 Å². The maximum absolute atomic E-state index is 5.71. The van der Waals surface area contributed by atoms with Crippen molar-refractivity contribution in [1.82, 2.24) is 0 Å². The summed E-state index contributed by atoms with van der Waals surface area (Å²) in [4.78, 5) is 2.27. The molecule has 1 heterocycles. The summed E-state index contributed by atoms with van der Waals surface area (Å²) in [5.74, 6) is 0. The van der Waals surface area contributed by atoms with E-state index in [9.17, 15) is 0 Å². The molecule has 0 aromatic heterocycles. The lowest BCUT2D eigenvalue weighted by Gasteiger charge is -2.23. The fourth-order valence-corrected chi connectivity index (χ4v) is 2.74. The third-order valence-corrected chi connectivity index (χ3v) is 3.61. The van der Waals surface area contributed by atoms with Crippen LogP contribution in [-0.2, 0) is 12.0 Å². The van der Waals surface area contributed by atoms with Crippen molar-refractivity contribution in [3.63, 3.8) is 0 Å². The highest BCUT2D eigenvalue weighted by Crippen LogP contribution is 2.46. The number of allylic oxidation sites excluding steroid dienone is 2. The molecule has 1 aromatic carbocycles. The summed E-state index contributed by atoms with van der Waals surface area (Å²) in [7, 11) is 2.13. The second-order valence-corrected chi connectivity index (χ2v) is 4.91. The summed E-state index contributed by atoms with van der Waals surface area (Å²) in [6.07, 6.45) is 2.20. The Morgan fingerprint density at radius 2 is 2.06 bits per heavy atom. The molecule has 0 bridgehead atoms. The number of anilines is 1. The van der Waals surface area contributed by atoms with Gasteiger partial charge in [-0.3, -0.25) is 0 Å². The molecule has 2 rings (SSSR count). The molecular formula is C14H20N2. The monoisotopic (exact) mass is 216 g/mol.